The SMILES string of the molecule is CCCCC/C=C(\CCCCCC)c1cccs1. The Morgan fingerprint density at radius 1 is 1.06 bits per heavy atom. The van der Waals surface area contributed by atoms with Crippen LogP contribution < -0.4 is 0 Å². The van der Waals surface area contributed by atoms with E-state index in [9.17, 15) is 0 Å². The predicted octanol–water partition coefficient (Wildman–Crippen LogP) is 6.68. The molecule has 1 heteroatoms. The van der Waals surface area contributed by atoms with E-state index in [2.05, 4.69) is 37.4 Å². The molecule has 1 aromatic rings. The number of thiophene rings is 1. The first-order chi connectivity index (χ1) is 8.88. The minimum atomic E-state index is 1.26. The average molecular weight is 264 g/mol. The monoisotopic (exact) mass is 264 g/mol. The molecule has 0 saturated carbocycles. The Labute approximate surface area is 117 Å². The fraction of sp³-hybridized carbons (Fsp3) is 0.647. The molecule has 0 amide bonds. The minimum absolute atomic E-state index is 1.26. The molecule has 0 fully saturated rings. The summed E-state index contributed by atoms with van der Waals surface area (Å²) >= 11 is 1.89. The molecule has 0 aliphatic heterocycles. The van der Waals surface area contributed by atoms with Gasteiger partial charge in [0.25, 0.3) is 0 Å². The highest BCUT2D eigenvalue weighted by atomic mass is 32.1. The quantitative estimate of drug-likeness (QED) is 0.413. The summed E-state index contributed by atoms with van der Waals surface area (Å²) in [7, 11) is 0. The molecule has 0 unspecified atom stereocenters. The van der Waals surface area contributed by atoms with E-state index in [4.69, 9.17) is 0 Å². The van der Waals surface area contributed by atoms with E-state index in [-0.39, 0.29) is 0 Å². The van der Waals surface area contributed by atoms with Gasteiger partial charge in [-0.3, -0.25) is 0 Å². The maximum atomic E-state index is 2.49. The van der Waals surface area contributed by atoms with Gasteiger partial charge < -0.3 is 0 Å². The van der Waals surface area contributed by atoms with E-state index in [1.165, 1.54) is 62.7 Å². The van der Waals surface area contributed by atoms with Gasteiger partial charge in [-0.15, -0.1) is 11.3 Å². The average Bonchev–Trinajstić information content (AvgIpc) is 2.91. The van der Waals surface area contributed by atoms with Crippen LogP contribution in [-0.2, 0) is 0 Å². The van der Waals surface area contributed by atoms with Crippen LogP contribution in [0.25, 0.3) is 5.57 Å². The fourth-order valence-corrected chi connectivity index (χ4v) is 3.00. The third-order valence-electron chi connectivity index (χ3n) is 3.34. The van der Waals surface area contributed by atoms with Crippen LogP contribution in [0.2, 0.25) is 0 Å². The van der Waals surface area contributed by atoms with Gasteiger partial charge in [0.05, 0.1) is 0 Å². The first-order valence-electron chi connectivity index (χ1n) is 7.61. The van der Waals surface area contributed by atoms with E-state index >= 15 is 0 Å². The molecule has 102 valence electrons. The van der Waals surface area contributed by atoms with Crippen molar-refractivity contribution in [2.45, 2.75) is 71.6 Å². The highest BCUT2D eigenvalue weighted by Crippen LogP contribution is 2.26. The zero-order chi connectivity index (χ0) is 13.1. The Kier molecular flexibility index (Phi) is 8.93. The summed E-state index contributed by atoms with van der Waals surface area (Å²) < 4.78 is 0. The molecule has 0 N–H and O–H groups in total. The van der Waals surface area contributed by atoms with Gasteiger partial charge >= 0.3 is 0 Å². The van der Waals surface area contributed by atoms with Gasteiger partial charge in [-0.2, -0.15) is 0 Å². The molecule has 1 heterocycles. The van der Waals surface area contributed by atoms with Gasteiger partial charge in [-0.05, 0) is 42.7 Å². The topological polar surface area (TPSA) is 0 Å². The van der Waals surface area contributed by atoms with Crippen LogP contribution in [0.4, 0.5) is 0 Å². The molecule has 0 radical (unpaired) electrons. The third kappa shape index (κ3) is 6.39. The van der Waals surface area contributed by atoms with Crippen LogP contribution >= 0.6 is 11.3 Å². The number of allylic oxidation sites excluding steroid dienone is 2. The summed E-state index contributed by atoms with van der Waals surface area (Å²) in [6.07, 6.45) is 14.5. The van der Waals surface area contributed by atoms with Crippen molar-refractivity contribution in [3.8, 4) is 0 Å². The van der Waals surface area contributed by atoms with Crippen molar-refractivity contribution < 1.29 is 0 Å². The van der Waals surface area contributed by atoms with Crippen molar-refractivity contribution in [1.82, 2.24) is 0 Å². The molecule has 0 aliphatic carbocycles. The summed E-state index contributed by atoms with van der Waals surface area (Å²) in [5, 5.41) is 2.20. The second-order valence-electron chi connectivity index (χ2n) is 5.01. The fourth-order valence-electron chi connectivity index (χ4n) is 2.20. The molecule has 18 heavy (non-hydrogen) atoms. The molecule has 0 aliphatic rings. The van der Waals surface area contributed by atoms with Crippen LogP contribution in [-0.4, -0.2) is 0 Å². The molecule has 0 saturated heterocycles. The zero-order valence-corrected chi connectivity index (χ0v) is 12.9. The number of unbranched alkanes of at least 4 members (excludes halogenated alkanes) is 6. The van der Waals surface area contributed by atoms with Gasteiger partial charge in [0.15, 0.2) is 0 Å². The zero-order valence-electron chi connectivity index (χ0n) is 12.1. The first kappa shape index (κ1) is 15.5. The summed E-state index contributed by atoms with van der Waals surface area (Å²) in [5.41, 5.74) is 1.59. The van der Waals surface area contributed by atoms with E-state index < -0.39 is 0 Å². The minimum Gasteiger partial charge on any atom is -0.144 e. The number of hydrogen-bond acceptors (Lipinski definition) is 1. The van der Waals surface area contributed by atoms with Crippen LogP contribution in [0.3, 0.4) is 0 Å². The second-order valence-corrected chi connectivity index (χ2v) is 5.96. The molecule has 0 nitrogen and oxygen atoms in total. The van der Waals surface area contributed by atoms with E-state index in [0.717, 1.165) is 0 Å². The summed E-state index contributed by atoms with van der Waals surface area (Å²) in [5.74, 6) is 0. The summed E-state index contributed by atoms with van der Waals surface area (Å²) in [4.78, 5) is 1.49. The van der Waals surface area contributed by atoms with Crippen LogP contribution in [0, 0.1) is 0 Å². The Morgan fingerprint density at radius 3 is 2.50 bits per heavy atom. The van der Waals surface area contributed by atoms with Gasteiger partial charge in [0.1, 0.15) is 0 Å². The van der Waals surface area contributed by atoms with Gasteiger partial charge in [-0.1, -0.05) is 58.1 Å². The van der Waals surface area contributed by atoms with E-state index in [0.29, 0.717) is 0 Å². The Balaban J connectivity index is 2.42. The summed E-state index contributed by atoms with van der Waals surface area (Å²) in [6.45, 7) is 4.55. The Bertz CT molecular complexity index is 308. The van der Waals surface area contributed by atoms with Gasteiger partial charge in [-0.25, -0.2) is 0 Å². The van der Waals surface area contributed by atoms with Crippen LogP contribution in [0.5, 0.6) is 0 Å². The van der Waals surface area contributed by atoms with Crippen molar-refractivity contribution in [2.24, 2.45) is 0 Å². The molecule has 0 bridgehead atoms. The smallest absolute Gasteiger partial charge is 0.0299 e. The maximum absolute atomic E-state index is 2.49. The number of rotatable bonds is 10. The molecule has 1 aromatic heterocycles. The lowest BCUT2D eigenvalue weighted by atomic mass is 10.0. The molecular formula is C17H28S. The standard InChI is InChI=1S/C17H28S/c1-3-5-7-9-12-16(13-10-8-6-4-2)17-14-11-15-18-17/h11-12,14-15H,3-10,13H2,1-2H3/b16-12+. The Morgan fingerprint density at radius 2 is 1.83 bits per heavy atom. The van der Waals surface area contributed by atoms with Crippen molar-refractivity contribution >= 4 is 16.9 Å². The molecule has 0 aromatic carbocycles. The van der Waals surface area contributed by atoms with Crippen molar-refractivity contribution in [1.29, 1.82) is 0 Å². The molecule has 0 spiro atoms. The van der Waals surface area contributed by atoms with E-state index in [1.54, 1.807) is 5.57 Å². The van der Waals surface area contributed by atoms with Crippen molar-refractivity contribution in [3.05, 3.63) is 28.5 Å². The lowest BCUT2D eigenvalue weighted by molar-refractivity contribution is 0.677. The van der Waals surface area contributed by atoms with Crippen LogP contribution in [0.15, 0.2) is 23.6 Å². The lowest BCUT2D eigenvalue weighted by Crippen LogP contribution is -1.84. The summed E-state index contributed by atoms with van der Waals surface area (Å²) in [6, 6.07) is 4.45. The first-order valence-corrected chi connectivity index (χ1v) is 8.49. The Hall–Kier alpha value is -0.560. The van der Waals surface area contributed by atoms with Gasteiger partial charge in [0, 0.05) is 4.88 Å². The largest absolute Gasteiger partial charge is 0.144 e. The molecular weight excluding hydrogens is 236 g/mol. The molecule has 0 atom stereocenters. The molecule has 1 rings (SSSR count). The normalized spacial score (nSPS) is 12.0. The van der Waals surface area contributed by atoms with Crippen molar-refractivity contribution in [2.75, 3.05) is 0 Å². The maximum Gasteiger partial charge on any atom is 0.0299 e. The highest BCUT2D eigenvalue weighted by molar-refractivity contribution is 7.11. The second kappa shape index (κ2) is 10.4. The third-order valence-corrected chi connectivity index (χ3v) is 4.28. The predicted molar refractivity (Wildman–Crippen MR) is 85.2 cm³/mol. The van der Waals surface area contributed by atoms with Crippen LogP contribution in [0.1, 0.15) is 76.5 Å². The number of hydrogen-bond donors (Lipinski definition) is 0. The highest BCUT2D eigenvalue weighted by Gasteiger charge is 2.02. The van der Waals surface area contributed by atoms with Crippen molar-refractivity contribution in [3.63, 3.8) is 0 Å². The van der Waals surface area contributed by atoms with Gasteiger partial charge in [0.2, 0.25) is 0 Å². The lowest BCUT2D eigenvalue weighted by Gasteiger charge is -2.06. The van der Waals surface area contributed by atoms with E-state index in [1.807, 2.05) is 11.3 Å².